The Bertz CT molecular complexity index is 1570. The van der Waals surface area contributed by atoms with E-state index in [1.54, 1.807) is 6.92 Å². The van der Waals surface area contributed by atoms with Gasteiger partial charge >= 0.3 is 5.97 Å². The van der Waals surface area contributed by atoms with Crippen LogP contribution in [0.2, 0.25) is 36.3 Å². The number of amides is 1. The fourth-order valence-electron chi connectivity index (χ4n) is 4.26. The van der Waals surface area contributed by atoms with Crippen LogP contribution >= 0.6 is 46.4 Å². The lowest BCUT2D eigenvalue weighted by Crippen LogP contribution is -2.47. The van der Waals surface area contributed by atoms with E-state index in [1.165, 1.54) is 32.4 Å². The number of allylic oxidation sites excluding steroid dienone is 1. The number of aliphatic hydroxyl groups is 7. The van der Waals surface area contributed by atoms with Gasteiger partial charge in [0.2, 0.25) is 5.91 Å². The summed E-state index contributed by atoms with van der Waals surface area (Å²) in [7, 11) is -0.840. The summed E-state index contributed by atoms with van der Waals surface area (Å²) in [6.07, 6.45) is 13.9. The summed E-state index contributed by atoms with van der Waals surface area (Å²) in [4.78, 5) is 36.5. The summed E-state index contributed by atoms with van der Waals surface area (Å²) in [5, 5.41) is 63.5. The Kier molecular flexibility index (Phi) is 53.1. The van der Waals surface area contributed by atoms with E-state index < -0.39 is 65.3 Å². The molecule has 0 aromatic rings. The molecule has 0 saturated heterocycles. The predicted molar refractivity (Wildman–Crippen MR) is 306 cm³/mol. The third-order valence-corrected chi connectivity index (χ3v) is 21.1. The van der Waals surface area contributed by atoms with Crippen LogP contribution in [0.5, 0.6) is 0 Å². The Balaban J connectivity index is -0.000000195. The Labute approximate surface area is 462 Å². The Morgan fingerprint density at radius 2 is 1.03 bits per heavy atom. The largest absolute Gasteiger partial charge is 0.466 e. The zero-order valence-corrected chi connectivity index (χ0v) is 51.2. The monoisotopic (exact) mass is 1150 g/mol. The molecule has 15 nitrogen and oxygen atoms in total. The van der Waals surface area contributed by atoms with Crippen LogP contribution in [0.3, 0.4) is 0 Å². The predicted octanol–water partition coefficient (Wildman–Crippen LogP) is 8.46. The van der Waals surface area contributed by atoms with Crippen LogP contribution in [0.4, 0.5) is 0 Å². The number of aliphatic hydroxyl groups excluding tert-OH is 7. The summed E-state index contributed by atoms with van der Waals surface area (Å²) in [6.45, 7) is 38.6. The molecule has 7 N–H and O–H groups in total. The molecule has 0 rings (SSSR count). The highest BCUT2D eigenvalue weighted by Crippen LogP contribution is 2.40. The average Bonchev–Trinajstić information content (AvgIpc) is 3.30. The van der Waals surface area contributed by atoms with Crippen LogP contribution < -0.4 is 0 Å². The molecule has 0 saturated carbocycles. The van der Waals surface area contributed by atoms with Gasteiger partial charge in [-0.15, -0.1) is 90.8 Å². The van der Waals surface area contributed by atoms with Crippen LogP contribution in [-0.4, -0.2) is 174 Å². The number of hydrogen-bond donors (Lipinski definition) is 7. The van der Waals surface area contributed by atoms with Crippen molar-refractivity contribution < 1.29 is 68.6 Å². The molecule has 0 fully saturated rings. The minimum atomic E-state index is -1.85. The minimum Gasteiger partial charge on any atom is -0.466 e. The first kappa shape index (κ1) is 82.2. The maximum Gasteiger partial charge on any atom is 0.308 e. The molecular formula is C52H95Cl4NO14Si2. The quantitative estimate of drug-likeness (QED) is 0.00741. The van der Waals surface area contributed by atoms with Gasteiger partial charge in [-0.25, -0.2) is 5.06 Å². The normalized spacial score (nSPS) is 14.8. The molecule has 21 heteroatoms. The number of ketones is 1. The van der Waals surface area contributed by atoms with E-state index in [-0.39, 0.29) is 96.0 Å². The lowest BCUT2D eigenvalue weighted by molar-refractivity contribution is -0.170. The fourth-order valence-corrected chi connectivity index (χ4v) is 7.38. The molecule has 0 aliphatic carbocycles. The van der Waals surface area contributed by atoms with Gasteiger partial charge in [0.1, 0.15) is 0 Å². The standard InChI is InChI=1S/C20H40O2Si2.C8H12O2.C6H12ClNO3.C6H11ClO3.C6H11ClO2.C6H9ClO2/c1-13-15-18(22-24(11,12)20(6,7)8)16-17(14-2)21-23(9,10)19(3,4)5;1-3-5-8(10)6-7(9)4-2;1-8(11-2)6(10)3-5(9)4-7;1-2-10-6(9)3-5(8)4-7;2*1-2-5(8)3-6(9)4-7/h1,14,17-18H,2,15-16H2,3-12H3;1,4,7-10H,2,5-6H2;5,9H,3-4H2,1-2H3;5,8H,2-4H2,1H3;2,5-6,8-9H,1,3-4H2;2,6,9H,1,3-4H2/t17-,18?;7-,8-;2*5-;5-,6+;6-/m110010/s1. The van der Waals surface area contributed by atoms with Crippen molar-refractivity contribution in [1.29, 1.82) is 0 Å². The molecule has 0 heterocycles. The van der Waals surface area contributed by atoms with Crippen LogP contribution in [0, 0.1) is 24.7 Å². The molecule has 0 aliphatic rings. The number of esters is 1. The molecule has 1 amide bonds. The summed E-state index contributed by atoms with van der Waals surface area (Å²) in [5.74, 6) is 4.59. The number of rotatable bonds is 28. The third kappa shape index (κ3) is 49.2. The molecule has 0 aromatic heterocycles. The summed E-state index contributed by atoms with van der Waals surface area (Å²) < 4.78 is 17.6. The van der Waals surface area contributed by atoms with Crippen molar-refractivity contribution in [1.82, 2.24) is 5.06 Å². The second kappa shape index (κ2) is 47.1. The van der Waals surface area contributed by atoms with E-state index >= 15 is 0 Å². The zero-order valence-electron chi connectivity index (χ0n) is 46.1. The van der Waals surface area contributed by atoms with Gasteiger partial charge in [-0.1, -0.05) is 66.3 Å². The van der Waals surface area contributed by atoms with Crippen molar-refractivity contribution >= 4 is 80.7 Å². The summed E-state index contributed by atoms with van der Waals surface area (Å²) in [5.41, 5.74) is 0. The Morgan fingerprint density at radius 1 is 0.630 bits per heavy atom. The molecule has 73 heavy (non-hydrogen) atoms. The number of nitrogens with zero attached hydrogens (tertiary/aromatic N) is 1. The number of alkyl halides is 4. The van der Waals surface area contributed by atoms with Crippen molar-refractivity contribution in [2.24, 2.45) is 0 Å². The van der Waals surface area contributed by atoms with E-state index in [9.17, 15) is 14.4 Å². The fraction of sp³-hybridized carbons (Fsp3) is 0.712. The maximum atomic E-state index is 10.9. The molecular weight excluding hydrogens is 1060 g/mol. The van der Waals surface area contributed by atoms with E-state index in [0.717, 1.165) is 11.5 Å². The smallest absolute Gasteiger partial charge is 0.308 e. The van der Waals surface area contributed by atoms with Gasteiger partial charge in [0.15, 0.2) is 22.4 Å². The van der Waals surface area contributed by atoms with Gasteiger partial charge < -0.3 is 49.3 Å². The zero-order chi connectivity index (χ0) is 58.8. The van der Waals surface area contributed by atoms with E-state index in [4.69, 9.17) is 104 Å². The molecule has 428 valence electrons. The van der Waals surface area contributed by atoms with Crippen molar-refractivity contribution in [3.8, 4) is 24.7 Å². The first-order valence-electron chi connectivity index (χ1n) is 23.7. The van der Waals surface area contributed by atoms with Crippen LogP contribution in [0.25, 0.3) is 0 Å². The molecule has 0 bridgehead atoms. The highest BCUT2D eigenvalue weighted by Gasteiger charge is 2.41. The molecule has 1 unspecified atom stereocenters. The second-order valence-electron chi connectivity index (χ2n) is 19.3. The van der Waals surface area contributed by atoms with Gasteiger partial charge in [0.25, 0.3) is 0 Å². The highest BCUT2D eigenvalue weighted by atomic mass is 35.5. The van der Waals surface area contributed by atoms with Crippen molar-refractivity contribution in [2.45, 2.75) is 191 Å². The molecule has 0 radical (unpaired) electrons. The number of halogens is 4. The third-order valence-electron chi connectivity index (χ3n) is 10.7. The first-order valence-corrected chi connectivity index (χ1v) is 31.7. The van der Waals surface area contributed by atoms with E-state index in [1.807, 2.05) is 6.08 Å². The number of carbonyl (C=O) groups is 3. The highest BCUT2D eigenvalue weighted by molar-refractivity contribution is 6.74. The first-order chi connectivity index (χ1) is 33.5. The molecule has 0 spiro atoms. The van der Waals surface area contributed by atoms with E-state index in [2.05, 4.69) is 115 Å². The van der Waals surface area contributed by atoms with Gasteiger partial charge in [-0.05, 0) is 49.3 Å². The molecule has 0 aliphatic heterocycles. The minimum absolute atomic E-state index is 0.00555. The lowest BCUT2D eigenvalue weighted by Gasteiger charge is -2.41. The van der Waals surface area contributed by atoms with E-state index in [0.29, 0.717) is 13.0 Å². The van der Waals surface area contributed by atoms with Crippen molar-refractivity contribution in [2.75, 3.05) is 44.3 Å². The van der Waals surface area contributed by atoms with Crippen molar-refractivity contribution in [3.63, 3.8) is 0 Å². The number of hydroxylamine groups is 2. The van der Waals surface area contributed by atoms with Gasteiger partial charge in [-0.2, -0.15) is 0 Å². The molecule has 9 atom stereocenters. The maximum absolute atomic E-state index is 10.9. The second-order valence-corrected chi connectivity index (χ2v) is 30.1. The summed E-state index contributed by atoms with van der Waals surface area (Å²) >= 11 is 21.0. The van der Waals surface area contributed by atoms with Gasteiger partial charge in [-0.3, -0.25) is 19.2 Å². The number of carbonyl (C=O) groups excluding carboxylic acids is 3. The van der Waals surface area contributed by atoms with Crippen molar-refractivity contribution in [3.05, 3.63) is 50.6 Å². The topological polar surface area (TPSA) is 233 Å². The van der Waals surface area contributed by atoms with Gasteiger partial charge in [0, 0.05) is 69.1 Å². The van der Waals surface area contributed by atoms with Gasteiger partial charge in [0.05, 0.1) is 81.5 Å². The van der Waals surface area contributed by atoms with Crippen LogP contribution in [-0.2, 0) is 32.8 Å². The van der Waals surface area contributed by atoms with Crippen LogP contribution in [0.15, 0.2) is 50.6 Å². The Morgan fingerprint density at radius 3 is 1.37 bits per heavy atom. The summed E-state index contributed by atoms with van der Waals surface area (Å²) in [6, 6.07) is 0. The molecule has 0 aromatic carbocycles. The number of terminal acetylenes is 2. The van der Waals surface area contributed by atoms with Crippen LogP contribution in [0.1, 0.15) is 99.8 Å². The Hall–Kier alpha value is -2.12. The number of hydrogen-bond acceptors (Lipinski definition) is 14. The lowest BCUT2D eigenvalue weighted by atomic mass is 10.1. The average molecular weight is 1160 g/mol. The SMILES string of the molecule is C#CCC(C[C@@H](C=C)O[Si](C)(C)C(C)(C)C)O[Si](C)(C)C(C)(C)C.C#CC[C@@H](O)C[C@H](O)C=C.C=CC(=O)C[C@H](O)CCl.C=C[C@@H](O)C[C@H](O)CCl.CCOC(=O)C[C@H](O)CCl.CON(C)C(=O)C[C@H](O)CCl. The number of ether oxygens (including phenoxy) is 1.